The number of hydrogen-bond donors (Lipinski definition) is 0. The van der Waals surface area contributed by atoms with E-state index in [1.54, 1.807) is 6.20 Å². The van der Waals surface area contributed by atoms with E-state index in [1.165, 1.54) is 0 Å². The van der Waals surface area contributed by atoms with Crippen molar-refractivity contribution in [3.05, 3.63) is 89.0 Å². The molecule has 0 bridgehead atoms. The molecule has 4 heteroatoms. The molecule has 0 saturated heterocycles. The highest BCUT2D eigenvalue weighted by atomic mass is 35.5. The Bertz CT molecular complexity index is 1110. The number of aryl methyl sites for hydroxylation is 1. The lowest BCUT2D eigenvalue weighted by Crippen LogP contribution is -1.99. The van der Waals surface area contributed by atoms with Crippen molar-refractivity contribution in [2.45, 2.75) is 13.8 Å². The van der Waals surface area contributed by atoms with Crippen LogP contribution in [-0.2, 0) is 0 Å². The van der Waals surface area contributed by atoms with Crippen molar-refractivity contribution < 1.29 is 0 Å². The van der Waals surface area contributed by atoms with Crippen molar-refractivity contribution in [2.75, 3.05) is 0 Å². The lowest BCUT2D eigenvalue weighted by atomic mass is 10.1. The molecule has 0 radical (unpaired) electrons. The minimum atomic E-state index is 0.740. The highest BCUT2D eigenvalue weighted by Crippen LogP contribution is 2.23. The molecule has 4 rings (SSSR count). The van der Waals surface area contributed by atoms with Crippen molar-refractivity contribution >= 4 is 34.3 Å². The van der Waals surface area contributed by atoms with Crippen LogP contribution in [0.3, 0.4) is 0 Å². The Labute approximate surface area is 157 Å². The van der Waals surface area contributed by atoms with Crippen molar-refractivity contribution in [2.24, 2.45) is 4.99 Å². The highest BCUT2D eigenvalue weighted by Gasteiger charge is 2.09. The van der Waals surface area contributed by atoms with Crippen LogP contribution in [0, 0.1) is 13.8 Å². The van der Waals surface area contributed by atoms with Crippen LogP contribution in [-0.4, -0.2) is 15.8 Å². The van der Waals surface area contributed by atoms with Crippen LogP contribution in [0.15, 0.2) is 72.0 Å². The van der Waals surface area contributed by atoms with Gasteiger partial charge in [0.05, 0.1) is 5.69 Å². The topological polar surface area (TPSA) is 30.2 Å². The van der Waals surface area contributed by atoms with Gasteiger partial charge in [-0.25, -0.2) is 0 Å². The van der Waals surface area contributed by atoms with Crippen LogP contribution < -0.4 is 0 Å². The largest absolute Gasteiger partial charge is 0.318 e. The molecule has 0 fully saturated rings. The smallest absolute Gasteiger partial charge is 0.0636 e. The van der Waals surface area contributed by atoms with E-state index in [0.717, 1.165) is 44.1 Å². The third-order valence-corrected chi connectivity index (χ3v) is 4.78. The molecule has 3 nitrogen and oxygen atoms in total. The first kappa shape index (κ1) is 16.6. The average Bonchev–Trinajstić information content (AvgIpc) is 2.94. The van der Waals surface area contributed by atoms with Gasteiger partial charge in [0.1, 0.15) is 0 Å². The van der Waals surface area contributed by atoms with E-state index < -0.39 is 0 Å². The Morgan fingerprint density at radius 3 is 2.58 bits per heavy atom. The van der Waals surface area contributed by atoms with E-state index in [4.69, 9.17) is 11.6 Å². The van der Waals surface area contributed by atoms with Crippen LogP contribution in [0.25, 0.3) is 16.5 Å². The number of pyridine rings is 1. The summed E-state index contributed by atoms with van der Waals surface area (Å²) in [6.07, 6.45) is 5.59. The molecule has 0 aliphatic carbocycles. The Morgan fingerprint density at radius 1 is 0.962 bits per heavy atom. The maximum absolute atomic E-state index is 6.01. The zero-order valence-corrected chi connectivity index (χ0v) is 15.4. The summed E-state index contributed by atoms with van der Waals surface area (Å²) in [5.41, 5.74) is 5.45. The summed E-state index contributed by atoms with van der Waals surface area (Å²) in [6, 6.07) is 18.2. The normalized spacial score (nSPS) is 11.5. The summed E-state index contributed by atoms with van der Waals surface area (Å²) < 4.78 is 2.21. The second kappa shape index (κ2) is 6.77. The Kier molecular flexibility index (Phi) is 4.31. The number of rotatable bonds is 3. The number of benzene rings is 2. The van der Waals surface area contributed by atoms with Crippen LogP contribution >= 0.6 is 11.6 Å². The van der Waals surface area contributed by atoms with E-state index in [2.05, 4.69) is 40.5 Å². The molecule has 2 heterocycles. The molecule has 0 N–H and O–H groups in total. The molecular formula is C22H18ClN3. The minimum Gasteiger partial charge on any atom is -0.318 e. The van der Waals surface area contributed by atoms with Crippen molar-refractivity contribution in [1.29, 1.82) is 0 Å². The molecule has 128 valence electrons. The van der Waals surface area contributed by atoms with Gasteiger partial charge in [-0.2, -0.15) is 0 Å². The molecule has 0 unspecified atom stereocenters. The zero-order chi connectivity index (χ0) is 18.1. The lowest BCUT2D eigenvalue weighted by molar-refractivity contribution is 0.965. The van der Waals surface area contributed by atoms with Crippen LogP contribution in [0.1, 0.15) is 17.0 Å². The molecule has 0 spiro atoms. The predicted octanol–water partition coefficient (Wildman–Crippen LogP) is 6.05. The van der Waals surface area contributed by atoms with Gasteiger partial charge in [-0.15, -0.1) is 0 Å². The second-order valence-electron chi connectivity index (χ2n) is 6.30. The maximum atomic E-state index is 6.01. The molecule has 0 amide bonds. The standard InChI is InChI=1S/C22H18ClN3/c1-15-11-19(16(2)26(15)22-7-4-20(23)5-8-22)14-25-21-6-3-18-13-24-10-9-17(18)12-21/h3-14H,1-2H3. The zero-order valence-electron chi connectivity index (χ0n) is 14.6. The van der Waals surface area contributed by atoms with Gasteiger partial charge >= 0.3 is 0 Å². The van der Waals surface area contributed by atoms with E-state index in [9.17, 15) is 0 Å². The Morgan fingerprint density at radius 2 is 1.77 bits per heavy atom. The van der Waals surface area contributed by atoms with Gasteiger partial charge < -0.3 is 4.57 Å². The molecule has 0 saturated carbocycles. The number of aliphatic imine (C=N–C) groups is 1. The van der Waals surface area contributed by atoms with Gasteiger partial charge in [-0.3, -0.25) is 9.98 Å². The SMILES string of the molecule is Cc1cc(C=Nc2ccc3cnccc3c2)c(C)n1-c1ccc(Cl)cc1. The summed E-state index contributed by atoms with van der Waals surface area (Å²) in [5, 5.41) is 3.00. The first-order valence-corrected chi connectivity index (χ1v) is 8.82. The van der Waals surface area contributed by atoms with Gasteiger partial charge in [0.15, 0.2) is 0 Å². The molecule has 0 atom stereocenters. The molecule has 26 heavy (non-hydrogen) atoms. The van der Waals surface area contributed by atoms with Crippen LogP contribution in [0.5, 0.6) is 0 Å². The molecule has 2 aromatic heterocycles. The third kappa shape index (κ3) is 3.14. The molecule has 4 aromatic rings. The van der Waals surface area contributed by atoms with Gasteiger partial charge in [-0.05, 0) is 67.8 Å². The van der Waals surface area contributed by atoms with Crippen molar-refractivity contribution in [3.63, 3.8) is 0 Å². The predicted molar refractivity (Wildman–Crippen MR) is 109 cm³/mol. The number of aromatic nitrogens is 2. The van der Waals surface area contributed by atoms with E-state index in [0.29, 0.717) is 0 Å². The number of nitrogens with zero attached hydrogens (tertiary/aromatic N) is 3. The summed E-state index contributed by atoms with van der Waals surface area (Å²) in [4.78, 5) is 8.81. The summed E-state index contributed by atoms with van der Waals surface area (Å²) >= 11 is 6.01. The van der Waals surface area contributed by atoms with Gasteiger partial charge in [0.2, 0.25) is 0 Å². The highest BCUT2D eigenvalue weighted by molar-refractivity contribution is 6.30. The van der Waals surface area contributed by atoms with Gasteiger partial charge in [0.25, 0.3) is 0 Å². The monoisotopic (exact) mass is 359 g/mol. The second-order valence-corrected chi connectivity index (χ2v) is 6.74. The summed E-state index contributed by atoms with van der Waals surface area (Å²) in [5.74, 6) is 0. The third-order valence-electron chi connectivity index (χ3n) is 4.53. The fraction of sp³-hybridized carbons (Fsp3) is 0.0909. The van der Waals surface area contributed by atoms with Crippen molar-refractivity contribution in [3.8, 4) is 5.69 Å². The fourth-order valence-electron chi connectivity index (χ4n) is 3.20. The Balaban J connectivity index is 1.68. The van der Waals surface area contributed by atoms with Crippen LogP contribution in [0.2, 0.25) is 5.02 Å². The van der Waals surface area contributed by atoms with Gasteiger partial charge in [-0.1, -0.05) is 17.7 Å². The first-order valence-electron chi connectivity index (χ1n) is 8.44. The minimum absolute atomic E-state index is 0.740. The van der Waals surface area contributed by atoms with E-state index >= 15 is 0 Å². The number of fused-ring (bicyclic) bond motifs is 1. The van der Waals surface area contributed by atoms with E-state index in [-0.39, 0.29) is 0 Å². The lowest BCUT2D eigenvalue weighted by Gasteiger charge is -2.09. The first-order chi connectivity index (χ1) is 12.6. The molecular weight excluding hydrogens is 342 g/mol. The average molecular weight is 360 g/mol. The quantitative estimate of drug-likeness (QED) is 0.410. The summed E-state index contributed by atoms with van der Waals surface area (Å²) in [6.45, 7) is 4.21. The number of halogens is 1. The molecule has 2 aromatic carbocycles. The maximum Gasteiger partial charge on any atom is 0.0636 e. The van der Waals surface area contributed by atoms with E-state index in [1.807, 2.05) is 54.9 Å². The summed E-state index contributed by atoms with van der Waals surface area (Å²) in [7, 11) is 0. The Hall–Kier alpha value is -2.91. The van der Waals surface area contributed by atoms with Crippen LogP contribution in [0.4, 0.5) is 5.69 Å². The number of hydrogen-bond acceptors (Lipinski definition) is 2. The fourth-order valence-corrected chi connectivity index (χ4v) is 3.33. The van der Waals surface area contributed by atoms with Crippen molar-refractivity contribution in [1.82, 2.24) is 9.55 Å². The van der Waals surface area contributed by atoms with Gasteiger partial charge in [0, 0.05) is 51.7 Å². The molecule has 0 aliphatic heterocycles. The molecule has 0 aliphatic rings.